The van der Waals surface area contributed by atoms with Crippen molar-refractivity contribution in [3.8, 4) is 0 Å². The van der Waals surface area contributed by atoms with Gasteiger partial charge in [-0.1, -0.05) is 55.8 Å². The third-order valence-corrected chi connectivity index (χ3v) is 4.85. The maximum atomic E-state index is 12.8. The summed E-state index contributed by atoms with van der Waals surface area (Å²) in [7, 11) is 0. The SMILES string of the molecule is CCC[C@H]1OC(=O)[C@H](OCc2ccccc2)CC/C=C\[C@@H]2OC(C)(C)O[C@@H]21. The van der Waals surface area contributed by atoms with Crippen molar-refractivity contribution in [1.82, 2.24) is 0 Å². The first kappa shape index (κ1) is 20.1. The molecule has 2 aliphatic rings. The van der Waals surface area contributed by atoms with E-state index in [2.05, 4.69) is 13.0 Å². The van der Waals surface area contributed by atoms with Gasteiger partial charge in [0, 0.05) is 0 Å². The lowest BCUT2D eigenvalue weighted by Crippen LogP contribution is -2.41. The molecule has 2 aliphatic heterocycles. The zero-order valence-corrected chi connectivity index (χ0v) is 16.4. The number of rotatable bonds is 5. The highest BCUT2D eigenvalue weighted by molar-refractivity contribution is 5.75. The number of allylic oxidation sites excluding steroid dienone is 1. The molecule has 5 nitrogen and oxygen atoms in total. The van der Waals surface area contributed by atoms with Crippen LogP contribution in [0.5, 0.6) is 0 Å². The molecule has 1 fully saturated rings. The molecule has 4 atom stereocenters. The quantitative estimate of drug-likeness (QED) is 0.572. The first-order valence-electron chi connectivity index (χ1n) is 9.87. The second-order valence-corrected chi connectivity index (χ2v) is 7.62. The van der Waals surface area contributed by atoms with Crippen LogP contribution in [0.3, 0.4) is 0 Å². The summed E-state index contributed by atoms with van der Waals surface area (Å²) in [6, 6.07) is 9.86. The largest absolute Gasteiger partial charge is 0.458 e. The molecule has 0 saturated carbocycles. The minimum Gasteiger partial charge on any atom is -0.458 e. The van der Waals surface area contributed by atoms with E-state index in [0.717, 1.165) is 24.8 Å². The summed E-state index contributed by atoms with van der Waals surface area (Å²) in [6.45, 7) is 6.25. The number of cyclic esters (lactones) is 1. The van der Waals surface area contributed by atoms with Gasteiger partial charge >= 0.3 is 5.97 Å². The first-order chi connectivity index (χ1) is 13.0. The van der Waals surface area contributed by atoms with Crippen molar-refractivity contribution in [2.75, 3.05) is 0 Å². The molecular formula is C22H30O5. The lowest BCUT2D eigenvalue weighted by Gasteiger charge is -2.28. The molecule has 3 rings (SSSR count). The second kappa shape index (κ2) is 9.00. The zero-order valence-electron chi connectivity index (χ0n) is 16.4. The Hall–Kier alpha value is -1.69. The van der Waals surface area contributed by atoms with Gasteiger partial charge in [0.1, 0.15) is 18.3 Å². The number of benzene rings is 1. The normalized spacial score (nSPS) is 31.7. The molecule has 2 heterocycles. The van der Waals surface area contributed by atoms with Gasteiger partial charge in [-0.25, -0.2) is 4.79 Å². The lowest BCUT2D eigenvalue weighted by molar-refractivity contribution is -0.181. The van der Waals surface area contributed by atoms with E-state index in [1.165, 1.54) is 0 Å². The van der Waals surface area contributed by atoms with Crippen LogP contribution in [-0.2, 0) is 30.3 Å². The molecule has 0 aliphatic carbocycles. The van der Waals surface area contributed by atoms with Gasteiger partial charge in [0.15, 0.2) is 11.9 Å². The van der Waals surface area contributed by atoms with E-state index in [-0.39, 0.29) is 24.3 Å². The van der Waals surface area contributed by atoms with E-state index in [1.54, 1.807) is 0 Å². The topological polar surface area (TPSA) is 54.0 Å². The van der Waals surface area contributed by atoms with Crippen LogP contribution in [0, 0.1) is 0 Å². The maximum absolute atomic E-state index is 12.8. The molecule has 0 spiro atoms. The van der Waals surface area contributed by atoms with Crippen LogP contribution >= 0.6 is 0 Å². The number of hydrogen-bond acceptors (Lipinski definition) is 5. The summed E-state index contributed by atoms with van der Waals surface area (Å²) in [6.07, 6.45) is 5.59. The molecule has 148 valence electrons. The van der Waals surface area contributed by atoms with Crippen LogP contribution < -0.4 is 0 Å². The minimum atomic E-state index is -0.685. The number of esters is 1. The fourth-order valence-electron chi connectivity index (χ4n) is 3.57. The molecular weight excluding hydrogens is 344 g/mol. The monoisotopic (exact) mass is 374 g/mol. The molecule has 0 amide bonds. The Morgan fingerprint density at radius 3 is 2.70 bits per heavy atom. The summed E-state index contributed by atoms with van der Waals surface area (Å²) in [5, 5.41) is 0. The summed E-state index contributed by atoms with van der Waals surface area (Å²) in [5.74, 6) is -0.998. The van der Waals surface area contributed by atoms with E-state index in [9.17, 15) is 4.79 Å². The zero-order chi connectivity index (χ0) is 19.3. The Morgan fingerprint density at radius 1 is 1.19 bits per heavy atom. The third kappa shape index (κ3) is 5.41. The number of carbonyl (C=O) groups is 1. The van der Waals surface area contributed by atoms with Crippen molar-refractivity contribution in [3.05, 3.63) is 48.0 Å². The van der Waals surface area contributed by atoms with Gasteiger partial charge in [-0.05, 0) is 38.7 Å². The van der Waals surface area contributed by atoms with E-state index in [1.807, 2.05) is 50.3 Å². The average molecular weight is 374 g/mol. The average Bonchev–Trinajstić information content (AvgIpc) is 2.95. The van der Waals surface area contributed by atoms with Crippen LogP contribution in [0.1, 0.15) is 52.0 Å². The summed E-state index contributed by atoms with van der Waals surface area (Å²) in [5.41, 5.74) is 1.04. The van der Waals surface area contributed by atoms with E-state index >= 15 is 0 Å². The van der Waals surface area contributed by atoms with E-state index in [0.29, 0.717) is 13.0 Å². The first-order valence-corrected chi connectivity index (χ1v) is 9.87. The summed E-state index contributed by atoms with van der Waals surface area (Å²) >= 11 is 0. The third-order valence-electron chi connectivity index (χ3n) is 4.85. The summed E-state index contributed by atoms with van der Waals surface area (Å²) in [4.78, 5) is 12.8. The Bertz CT molecular complexity index is 639. The highest BCUT2D eigenvalue weighted by Gasteiger charge is 2.45. The molecule has 0 bridgehead atoms. The van der Waals surface area contributed by atoms with Crippen molar-refractivity contribution in [2.24, 2.45) is 0 Å². The van der Waals surface area contributed by atoms with Gasteiger partial charge in [-0.2, -0.15) is 0 Å². The van der Waals surface area contributed by atoms with Gasteiger partial charge in [-0.15, -0.1) is 0 Å². The molecule has 1 aromatic rings. The fraction of sp³-hybridized carbons (Fsp3) is 0.591. The fourth-order valence-corrected chi connectivity index (χ4v) is 3.57. The number of fused-ring (bicyclic) bond motifs is 1. The van der Waals surface area contributed by atoms with Crippen molar-refractivity contribution in [2.45, 2.75) is 83.3 Å². The van der Waals surface area contributed by atoms with Crippen molar-refractivity contribution in [3.63, 3.8) is 0 Å². The van der Waals surface area contributed by atoms with Crippen molar-refractivity contribution < 1.29 is 23.7 Å². The van der Waals surface area contributed by atoms with Crippen molar-refractivity contribution in [1.29, 1.82) is 0 Å². The van der Waals surface area contributed by atoms with Gasteiger partial charge in [0.2, 0.25) is 0 Å². The van der Waals surface area contributed by atoms with Crippen LogP contribution in [0.2, 0.25) is 0 Å². The standard InChI is InChI=1S/C22H30O5/c1-4-10-17-20-18(26-22(2,3)27-20)13-8-9-14-19(21(23)25-17)24-15-16-11-6-5-7-12-16/h5-8,11-13,17-20H,4,9-10,14-15H2,1-3H3/b13-8-/t17-,18+,19-,20-/m1/s1. The van der Waals surface area contributed by atoms with Gasteiger partial charge in [-0.3, -0.25) is 0 Å². The summed E-state index contributed by atoms with van der Waals surface area (Å²) < 4.78 is 23.9. The van der Waals surface area contributed by atoms with Crippen LogP contribution in [-0.4, -0.2) is 36.2 Å². The molecule has 27 heavy (non-hydrogen) atoms. The van der Waals surface area contributed by atoms with E-state index < -0.39 is 11.9 Å². The molecule has 0 radical (unpaired) electrons. The molecule has 0 unspecified atom stereocenters. The molecule has 5 heteroatoms. The Kier molecular flexibility index (Phi) is 6.68. The van der Waals surface area contributed by atoms with Crippen LogP contribution in [0.4, 0.5) is 0 Å². The van der Waals surface area contributed by atoms with E-state index in [4.69, 9.17) is 18.9 Å². The van der Waals surface area contributed by atoms with Crippen molar-refractivity contribution >= 4 is 5.97 Å². The predicted octanol–water partition coefficient (Wildman–Crippen LogP) is 4.15. The molecule has 0 aromatic heterocycles. The smallest absolute Gasteiger partial charge is 0.335 e. The van der Waals surface area contributed by atoms with Gasteiger partial charge in [0.25, 0.3) is 0 Å². The molecule has 0 N–H and O–H groups in total. The highest BCUT2D eigenvalue weighted by atomic mass is 16.8. The maximum Gasteiger partial charge on any atom is 0.335 e. The number of ether oxygens (including phenoxy) is 4. The number of hydrogen-bond donors (Lipinski definition) is 0. The molecule has 1 aromatic carbocycles. The van der Waals surface area contributed by atoms with Gasteiger partial charge < -0.3 is 18.9 Å². The lowest BCUT2D eigenvalue weighted by atomic mass is 10.0. The minimum absolute atomic E-state index is 0.203. The van der Waals surface area contributed by atoms with Crippen LogP contribution in [0.15, 0.2) is 42.5 Å². The predicted molar refractivity (Wildman–Crippen MR) is 102 cm³/mol. The second-order valence-electron chi connectivity index (χ2n) is 7.62. The Balaban J connectivity index is 1.72. The number of carbonyl (C=O) groups excluding carboxylic acids is 1. The Morgan fingerprint density at radius 2 is 1.96 bits per heavy atom. The van der Waals surface area contributed by atoms with Crippen LogP contribution in [0.25, 0.3) is 0 Å². The molecule has 1 saturated heterocycles. The Labute approximate surface area is 161 Å². The highest BCUT2D eigenvalue weighted by Crippen LogP contribution is 2.34. The van der Waals surface area contributed by atoms with Gasteiger partial charge in [0.05, 0.1) is 6.61 Å².